The first-order chi connectivity index (χ1) is 20.8. The van der Waals surface area contributed by atoms with Gasteiger partial charge in [0.25, 0.3) is 0 Å². The van der Waals surface area contributed by atoms with Gasteiger partial charge in [-0.25, -0.2) is 8.96 Å². The maximum absolute atomic E-state index is 15.7. The van der Waals surface area contributed by atoms with Gasteiger partial charge in [0.05, 0.1) is 0 Å². The Morgan fingerprint density at radius 2 is 1.13 bits per heavy atom. The van der Waals surface area contributed by atoms with Crippen molar-refractivity contribution < 1.29 is 89.9 Å². The Morgan fingerprint density at radius 3 is 1.58 bits per heavy atom. The molecule has 256 valence electrons. The van der Waals surface area contributed by atoms with Crippen LogP contribution < -0.4 is 5.32 Å². The van der Waals surface area contributed by atoms with E-state index in [0.717, 1.165) is 41.5 Å². The summed E-state index contributed by atoms with van der Waals surface area (Å²) in [4.78, 5) is 90.0. The molecule has 1 amide bonds. The summed E-state index contributed by atoms with van der Waals surface area (Å²) in [5, 5.41) is 2.42. The van der Waals surface area contributed by atoms with Crippen LogP contribution in [0.5, 0.6) is 0 Å². The monoisotopic (exact) mass is 675 g/mol. The molecule has 0 unspecified atom stereocenters. The third-order valence-electron chi connectivity index (χ3n) is 5.93. The van der Waals surface area contributed by atoms with Crippen molar-refractivity contribution in [3.8, 4) is 0 Å². The van der Waals surface area contributed by atoms with Crippen LogP contribution in [0.25, 0.3) is 0 Å². The minimum absolute atomic E-state index is 0.618. The number of hydrogen-bond acceptors (Lipinski definition) is 16. The molecule has 3 N–H and O–H groups in total. The highest BCUT2D eigenvalue weighted by Gasteiger charge is 2.56. The number of hydrogen-bond donors (Lipinski definition) is 3. The van der Waals surface area contributed by atoms with Gasteiger partial charge in [-0.2, -0.15) is 0 Å². The molecule has 2 aliphatic rings. The van der Waals surface area contributed by atoms with Crippen molar-refractivity contribution in [1.29, 1.82) is 0 Å². The number of phosphoric acid groups is 1. The summed E-state index contributed by atoms with van der Waals surface area (Å²) in [6, 6.07) is -1.56. The molecule has 0 aliphatic carbocycles. The predicted molar refractivity (Wildman–Crippen MR) is 138 cm³/mol. The molecule has 21 heteroatoms. The molecule has 2 aliphatic heterocycles. The Morgan fingerprint density at radius 1 is 0.689 bits per heavy atom. The van der Waals surface area contributed by atoms with Crippen molar-refractivity contribution in [1.82, 2.24) is 5.32 Å². The molecule has 0 radical (unpaired) electrons. The van der Waals surface area contributed by atoms with Gasteiger partial charge >= 0.3 is 37.7 Å². The first kappa shape index (κ1) is 37.9. The Bertz CT molecular complexity index is 1160. The van der Waals surface area contributed by atoms with E-state index in [9.17, 15) is 43.1 Å². The van der Waals surface area contributed by atoms with Crippen LogP contribution in [0.3, 0.4) is 0 Å². The Labute approximate surface area is 255 Å². The standard InChI is InChI=1S/C24H35FNO18P/c1-9(27)26-18-22(40-14(6)32)20(38-12(4)30)16(8-37-11(3)29)42-24(18)43-19-15(7-36-10(2)28)41-23(44-45(33,34)35)17(25)21(19)39-13(5)31/h15-24H,7-8H2,1-6H3,(H,26,27)(H2,33,34,35)/t15-,16-,17-,18-,19-,20-,21-,22-,23-,24+/m1/s1. The summed E-state index contributed by atoms with van der Waals surface area (Å²) in [5.41, 5.74) is 0. The summed E-state index contributed by atoms with van der Waals surface area (Å²) in [5.74, 6) is -5.32. The molecule has 0 spiro atoms. The molecule has 2 heterocycles. The van der Waals surface area contributed by atoms with Gasteiger partial charge in [-0.15, -0.1) is 0 Å². The fraction of sp³-hybridized carbons (Fsp3) is 0.750. The molecular formula is C24H35FNO18P. The summed E-state index contributed by atoms with van der Waals surface area (Å²) < 4.78 is 74.4. The van der Waals surface area contributed by atoms with Crippen LogP contribution in [-0.2, 0) is 75.8 Å². The highest BCUT2D eigenvalue weighted by molar-refractivity contribution is 7.46. The number of carbonyl (C=O) groups is 6. The number of esters is 5. The van der Waals surface area contributed by atoms with Gasteiger partial charge in [-0.05, 0) is 0 Å². The van der Waals surface area contributed by atoms with Crippen LogP contribution in [0.4, 0.5) is 4.39 Å². The van der Waals surface area contributed by atoms with Gasteiger partial charge in [-0.3, -0.25) is 33.3 Å². The second kappa shape index (κ2) is 16.3. The molecule has 0 aromatic carbocycles. The third-order valence-corrected chi connectivity index (χ3v) is 6.41. The minimum Gasteiger partial charge on any atom is -0.463 e. The topological polar surface area (TPSA) is 255 Å². The van der Waals surface area contributed by atoms with Crippen molar-refractivity contribution in [2.45, 2.75) is 103 Å². The van der Waals surface area contributed by atoms with Crippen LogP contribution in [-0.4, -0.2) is 120 Å². The molecular weight excluding hydrogens is 640 g/mol. The first-order valence-electron chi connectivity index (χ1n) is 13.2. The average Bonchev–Trinajstić information content (AvgIpc) is 2.87. The lowest BCUT2D eigenvalue weighted by Gasteiger charge is -2.48. The fourth-order valence-electron chi connectivity index (χ4n) is 4.47. The molecule has 0 aromatic rings. The van der Waals surface area contributed by atoms with E-state index in [0.29, 0.717) is 0 Å². The SMILES string of the molecule is CC(=O)N[C@H]1[C@H](O[C@H]2[C@H](OC(C)=O)[C@@H](F)[C@@H](OP(=O)(O)O)O[C@@H]2COC(C)=O)O[C@H](COC(C)=O)[C@@H](OC(C)=O)[C@@H]1OC(C)=O. The molecule has 2 rings (SSSR count). The van der Waals surface area contributed by atoms with Gasteiger partial charge < -0.3 is 53.0 Å². The van der Waals surface area contributed by atoms with E-state index in [1.807, 2.05) is 0 Å². The number of nitrogens with one attached hydrogen (secondary N) is 1. The number of alkyl halides is 1. The van der Waals surface area contributed by atoms with Crippen molar-refractivity contribution in [2.24, 2.45) is 0 Å². The van der Waals surface area contributed by atoms with Gasteiger partial charge in [0, 0.05) is 41.5 Å². The highest BCUT2D eigenvalue weighted by atomic mass is 31.2. The second-order valence-electron chi connectivity index (χ2n) is 9.78. The Kier molecular flexibility index (Phi) is 13.8. The van der Waals surface area contributed by atoms with Crippen molar-refractivity contribution in [3.05, 3.63) is 0 Å². The van der Waals surface area contributed by atoms with E-state index in [1.165, 1.54) is 0 Å². The van der Waals surface area contributed by atoms with Crippen LogP contribution in [0.15, 0.2) is 0 Å². The maximum Gasteiger partial charge on any atom is 0.472 e. The van der Waals surface area contributed by atoms with E-state index in [4.69, 9.17) is 37.9 Å². The van der Waals surface area contributed by atoms with E-state index < -0.39 is 118 Å². The van der Waals surface area contributed by atoms with Crippen LogP contribution in [0.2, 0.25) is 0 Å². The zero-order valence-corrected chi connectivity index (χ0v) is 25.8. The van der Waals surface area contributed by atoms with Crippen LogP contribution in [0, 0.1) is 0 Å². The van der Waals surface area contributed by atoms with Crippen molar-refractivity contribution in [3.63, 3.8) is 0 Å². The van der Waals surface area contributed by atoms with E-state index >= 15 is 4.39 Å². The number of carbonyl (C=O) groups excluding carboxylic acids is 6. The molecule has 0 aromatic heterocycles. The first-order valence-corrected chi connectivity index (χ1v) is 14.7. The summed E-state index contributed by atoms with van der Waals surface area (Å²) >= 11 is 0. The van der Waals surface area contributed by atoms with Gasteiger partial charge in [0.15, 0.2) is 30.8 Å². The molecule has 2 fully saturated rings. The van der Waals surface area contributed by atoms with E-state index in [1.54, 1.807) is 0 Å². The molecule has 45 heavy (non-hydrogen) atoms. The lowest BCUT2D eigenvalue weighted by molar-refractivity contribution is -0.334. The lowest BCUT2D eigenvalue weighted by Crippen LogP contribution is -2.69. The van der Waals surface area contributed by atoms with Crippen LogP contribution >= 0.6 is 7.82 Å². The number of rotatable bonds is 12. The normalized spacial score (nSPS) is 31.6. The largest absolute Gasteiger partial charge is 0.472 e. The second-order valence-corrected chi connectivity index (χ2v) is 11.0. The molecule has 0 saturated carbocycles. The van der Waals surface area contributed by atoms with Crippen molar-refractivity contribution >= 4 is 43.6 Å². The molecule has 0 bridgehead atoms. The zero-order chi connectivity index (χ0) is 34.2. The molecule has 2 saturated heterocycles. The summed E-state index contributed by atoms with van der Waals surface area (Å²) in [7, 11) is -5.40. The minimum atomic E-state index is -5.40. The Hall–Kier alpha value is -3.26. The molecule has 19 nitrogen and oxygen atoms in total. The number of amides is 1. The zero-order valence-electron chi connectivity index (χ0n) is 24.9. The Balaban J connectivity index is 2.65. The van der Waals surface area contributed by atoms with Gasteiger partial charge in [-0.1, -0.05) is 0 Å². The van der Waals surface area contributed by atoms with Gasteiger partial charge in [0.1, 0.15) is 37.6 Å². The van der Waals surface area contributed by atoms with E-state index in [-0.39, 0.29) is 0 Å². The number of ether oxygens (including phenoxy) is 8. The van der Waals surface area contributed by atoms with Gasteiger partial charge in [0.2, 0.25) is 12.2 Å². The number of halogens is 1. The average molecular weight is 676 g/mol. The predicted octanol–water partition coefficient (Wildman–Crippen LogP) is -1.31. The third kappa shape index (κ3) is 11.9. The quantitative estimate of drug-likeness (QED) is 0.123. The summed E-state index contributed by atoms with van der Waals surface area (Å²) in [6.45, 7) is 4.62. The smallest absolute Gasteiger partial charge is 0.463 e. The maximum atomic E-state index is 15.7. The highest BCUT2D eigenvalue weighted by Crippen LogP contribution is 2.43. The molecule has 10 atom stereocenters. The number of phosphoric ester groups is 1. The lowest BCUT2D eigenvalue weighted by atomic mass is 9.95. The fourth-order valence-corrected chi connectivity index (χ4v) is 4.91. The van der Waals surface area contributed by atoms with Crippen LogP contribution in [0.1, 0.15) is 41.5 Å². The summed E-state index contributed by atoms with van der Waals surface area (Å²) in [6.07, 6.45) is -17.0. The van der Waals surface area contributed by atoms with Crippen molar-refractivity contribution in [2.75, 3.05) is 13.2 Å². The van der Waals surface area contributed by atoms with E-state index in [2.05, 4.69) is 9.84 Å².